The lowest BCUT2D eigenvalue weighted by atomic mass is 10.1. The molecular formula is C16H14F5NO3S. The summed E-state index contributed by atoms with van der Waals surface area (Å²) < 4.78 is 88.0. The summed E-state index contributed by atoms with van der Waals surface area (Å²) in [7, 11) is -2.85. The van der Waals surface area contributed by atoms with Crippen molar-refractivity contribution in [3.8, 4) is 0 Å². The molecule has 0 fully saturated rings. The minimum absolute atomic E-state index is 0.0692. The molecule has 1 aromatic heterocycles. The quantitative estimate of drug-likeness (QED) is 0.556. The summed E-state index contributed by atoms with van der Waals surface area (Å²) in [6.07, 6.45) is -5.39. The number of halogens is 5. The molecule has 0 unspecified atom stereocenters. The topological polar surface area (TPSA) is 56.1 Å². The van der Waals surface area contributed by atoms with Crippen molar-refractivity contribution in [2.45, 2.75) is 23.9 Å². The highest BCUT2D eigenvalue weighted by Gasteiger charge is 2.31. The first-order valence-electron chi connectivity index (χ1n) is 7.32. The molecule has 0 spiro atoms. The second-order valence-corrected chi connectivity index (χ2v) is 7.81. The molecule has 0 bridgehead atoms. The fourth-order valence-corrected chi connectivity index (χ4v) is 3.62. The molecule has 0 aliphatic rings. The molecule has 0 atom stereocenters. The molecule has 0 saturated carbocycles. The first kappa shape index (κ1) is 20.1. The first-order chi connectivity index (χ1) is 11.9. The zero-order valence-electron chi connectivity index (χ0n) is 13.5. The normalized spacial score (nSPS) is 12.4. The Morgan fingerprint density at radius 2 is 1.77 bits per heavy atom. The second-order valence-electron chi connectivity index (χ2n) is 5.70. The Morgan fingerprint density at radius 3 is 2.35 bits per heavy atom. The number of nitrogens with zero attached hydrogens (tertiary/aromatic N) is 1. The Morgan fingerprint density at radius 1 is 1.12 bits per heavy atom. The van der Waals surface area contributed by atoms with Crippen LogP contribution in [0.4, 0.5) is 22.0 Å². The molecule has 0 aliphatic heterocycles. The molecule has 1 heterocycles. The maximum absolute atomic E-state index is 13.2. The SMILES string of the molecule is Cn1cc(S(=O)(=O)CCC(F)(F)F)cc1C(=O)Cc1ccc(F)c(F)c1. The molecule has 1 aromatic carbocycles. The molecule has 0 radical (unpaired) electrons. The highest BCUT2D eigenvalue weighted by Crippen LogP contribution is 2.24. The van der Waals surface area contributed by atoms with Gasteiger partial charge < -0.3 is 4.57 Å². The third-order valence-corrected chi connectivity index (χ3v) is 5.31. The van der Waals surface area contributed by atoms with Crippen LogP contribution in [0.1, 0.15) is 22.5 Å². The first-order valence-corrected chi connectivity index (χ1v) is 8.97. The smallest absolute Gasteiger partial charge is 0.347 e. The van der Waals surface area contributed by atoms with Crippen molar-refractivity contribution in [3.05, 3.63) is 53.4 Å². The van der Waals surface area contributed by atoms with E-state index < -0.39 is 50.5 Å². The number of benzene rings is 1. The Balaban J connectivity index is 2.21. The monoisotopic (exact) mass is 395 g/mol. The Kier molecular flexibility index (Phi) is 5.55. The van der Waals surface area contributed by atoms with Crippen molar-refractivity contribution in [2.75, 3.05) is 5.75 Å². The van der Waals surface area contributed by atoms with Gasteiger partial charge in [0, 0.05) is 19.7 Å². The fraction of sp³-hybridized carbons (Fsp3) is 0.312. The molecule has 0 saturated heterocycles. The predicted octanol–water partition coefficient (Wildman–Crippen LogP) is 3.45. The van der Waals surface area contributed by atoms with Crippen molar-refractivity contribution in [3.63, 3.8) is 0 Å². The highest BCUT2D eigenvalue weighted by atomic mass is 32.2. The van der Waals surface area contributed by atoms with E-state index in [1.165, 1.54) is 17.7 Å². The van der Waals surface area contributed by atoms with Crippen LogP contribution in [0, 0.1) is 11.6 Å². The van der Waals surface area contributed by atoms with Gasteiger partial charge in [-0.3, -0.25) is 4.79 Å². The maximum atomic E-state index is 13.2. The molecular weight excluding hydrogens is 381 g/mol. The van der Waals surface area contributed by atoms with E-state index in [2.05, 4.69) is 0 Å². The number of alkyl halides is 3. The van der Waals surface area contributed by atoms with Crippen LogP contribution in [-0.2, 0) is 23.3 Å². The van der Waals surface area contributed by atoms with E-state index in [4.69, 9.17) is 0 Å². The summed E-state index contributed by atoms with van der Waals surface area (Å²) in [5.74, 6) is -3.91. The number of hydrogen-bond acceptors (Lipinski definition) is 3. The number of rotatable bonds is 6. The molecule has 142 valence electrons. The van der Waals surface area contributed by atoms with Gasteiger partial charge >= 0.3 is 6.18 Å². The second kappa shape index (κ2) is 7.18. The van der Waals surface area contributed by atoms with E-state index in [-0.39, 0.29) is 17.7 Å². The van der Waals surface area contributed by atoms with Crippen molar-refractivity contribution in [1.82, 2.24) is 4.57 Å². The Labute approximate surface area is 146 Å². The van der Waals surface area contributed by atoms with Gasteiger partial charge in [0.1, 0.15) is 0 Å². The lowest BCUT2D eigenvalue weighted by Crippen LogP contribution is -2.16. The number of Topliss-reactive ketones (excluding diaryl/α,β-unsaturated/α-hetero) is 1. The number of sulfone groups is 1. The van der Waals surface area contributed by atoms with Gasteiger partial charge in [-0.25, -0.2) is 17.2 Å². The lowest BCUT2D eigenvalue weighted by Gasteiger charge is -2.05. The Bertz CT molecular complexity index is 932. The van der Waals surface area contributed by atoms with E-state index >= 15 is 0 Å². The minimum atomic E-state index is -4.62. The van der Waals surface area contributed by atoms with Crippen molar-refractivity contribution in [2.24, 2.45) is 7.05 Å². The van der Waals surface area contributed by atoms with Crippen molar-refractivity contribution >= 4 is 15.6 Å². The van der Waals surface area contributed by atoms with Crippen LogP contribution in [0.25, 0.3) is 0 Å². The van der Waals surface area contributed by atoms with Gasteiger partial charge in [0.05, 0.1) is 22.8 Å². The molecule has 10 heteroatoms. The largest absolute Gasteiger partial charge is 0.390 e. The van der Waals surface area contributed by atoms with Crippen LogP contribution in [-0.4, -0.2) is 30.7 Å². The van der Waals surface area contributed by atoms with E-state index in [0.717, 1.165) is 24.4 Å². The average Bonchev–Trinajstić information content (AvgIpc) is 2.91. The summed E-state index contributed by atoms with van der Waals surface area (Å²) in [5.41, 5.74) is 0.108. The van der Waals surface area contributed by atoms with Gasteiger partial charge in [-0.2, -0.15) is 13.2 Å². The van der Waals surface area contributed by atoms with Gasteiger partial charge in [-0.1, -0.05) is 6.07 Å². The summed E-state index contributed by atoms with van der Waals surface area (Å²) in [5, 5.41) is 0. The molecule has 2 aromatic rings. The van der Waals surface area contributed by atoms with Crippen LogP contribution in [0.15, 0.2) is 35.4 Å². The lowest BCUT2D eigenvalue weighted by molar-refractivity contribution is -0.129. The molecule has 26 heavy (non-hydrogen) atoms. The third-order valence-electron chi connectivity index (χ3n) is 3.63. The molecule has 0 amide bonds. The fourth-order valence-electron chi connectivity index (χ4n) is 2.28. The van der Waals surface area contributed by atoms with Gasteiger partial charge in [-0.15, -0.1) is 0 Å². The number of aryl methyl sites for hydroxylation is 1. The summed E-state index contributed by atoms with van der Waals surface area (Å²) in [6.45, 7) is 0. The van der Waals surface area contributed by atoms with E-state index in [1.54, 1.807) is 0 Å². The van der Waals surface area contributed by atoms with E-state index in [9.17, 15) is 35.2 Å². The number of carbonyl (C=O) groups excluding carboxylic acids is 1. The summed E-state index contributed by atoms with van der Waals surface area (Å²) >= 11 is 0. The van der Waals surface area contributed by atoms with E-state index in [0.29, 0.717) is 0 Å². The van der Waals surface area contributed by atoms with Crippen LogP contribution < -0.4 is 0 Å². The van der Waals surface area contributed by atoms with Crippen LogP contribution in [0.3, 0.4) is 0 Å². The van der Waals surface area contributed by atoms with Gasteiger partial charge in [0.25, 0.3) is 0 Å². The average molecular weight is 395 g/mol. The van der Waals surface area contributed by atoms with Gasteiger partial charge in [0.15, 0.2) is 27.3 Å². The molecule has 0 aliphatic carbocycles. The van der Waals surface area contributed by atoms with Crippen molar-refractivity contribution < 1.29 is 35.2 Å². The number of carbonyl (C=O) groups is 1. The maximum Gasteiger partial charge on any atom is 0.390 e. The van der Waals surface area contributed by atoms with Crippen molar-refractivity contribution in [1.29, 1.82) is 0 Å². The van der Waals surface area contributed by atoms with Gasteiger partial charge in [0.2, 0.25) is 0 Å². The minimum Gasteiger partial charge on any atom is -0.347 e. The summed E-state index contributed by atoms with van der Waals surface area (Å²) in [6, 6.07) is 3.89. The number of hydrogen-bond donors (Lipinski definition) is 0. The van der Waals surface area contributed by atoms with Crippen LogP contribution in [0.5, 0.6) is 0 Å². The van der Waals surface area contributed by atoms with Crippen LogP contribution >= 0.6 is 0 Å². The molecule has 2 rings (SSSR count). The van der Waals surface area contributed by atoms with Gasteiger partial charge in [-0.05, 0) is 23.8 Å². The third kappa shape index (κ3) is 4.90. The Hall–Kier alpha value is -2.23. The zero-order chi connectivity index (χ0) is 19.7. The zero-order valence-corrected chi connectivity index (χ0v) is 14.3. The highest BCUT2D eigenvalue weighted by molar-refractivity contribution is 7.91. The summed E-state index contributed by atoms with van der Waals surface area (Å²) in [4.78, 5) is 11.9. The molecule has 4 nitrogen and oxygen atoms in total. The molecule has 0 N–H and O–H groups in total. The number of ketones is 1. The predicted molar refractivity (Wildman–Crippen MR) is 82.5 cm³/mol. The van der Waals surface area contributed by atoms with Crippen LogP contribution in [0.2, 0.25) is 0 Å². The standard InChI is InChI=1S/C16H14F5NO3S/c1-22-9-11(26(24,25)5-4-16(19,20)21)8-14(22)15(23)7-10-2-3-12(17)13(18)6-10/h2-3,6,8-9H,4-5,7H2,1H3. The number of aromatic nitrogens is 1. The van der Waals surface area contributed by atoms with E-state index in [1.807, 2.05) is 0 Å².